The quantitative estimate of drug-likeness (QED) is 0.134. The Labute approximate surface area is 420 Å². The average molecular weight is 933 g/mol. The van der Waals surface area contributed by atoms with Crippen LogP contribution >= 0.6 is 0 Å². The van der Waals surface area contributed by atoms with Gasteiger partial charge < -0.3 is 20.0 Å². The molecule has 0 saturated carbocycles. The lowest BCUT2D eigenvalue weighted by atomic mass is 9.73. The molecule has 2 aliphatic rings. The Kier molecular flexibility index (Phi) is 11.9. The maximum atomic E-state index is 11.3. The lowest BCUT2D eigenvalue weighted by Gasteiger charge is -2.42. The summed E-state index contributed by atoms with van der Waals surface area (Å²) in [5.74, 6) is 0.378. The number of hydrogen-bond acceptors (Lipinski definition) is 6. The van der Waals surface area contributed by atoms with Gasteiger partial charge in [-0.05, 0) is 167 Å². The highest BCUT2D eigenvalue weighted by molar-refractivity contribution is 5.91. The standard InChI is InChI=1S/C65H64N4O2/c1-41-31-49(68-55-23-15-11-19-51(55)64(7,8)52-20-12-16-24-56(52)68)32-42(2)61(41)45-27-29-47(59(70)35-45)37-66-39-63(5,6)40-67-38-48-30-28-46(36-60(48)71)62-43(3)33-50(34-44(62)4)69-57-25-17-13-21-53(57)65(9,10)54-22-14-18-26-58(54)69/h11-38,70-71H,39-40H2,1-10H3/b66-37+,67-38+. The number of rotatable bonds is 10. The highest BCUT2D eigenvalue weighted by Gasteiger charge is 2.38. The van der Waals surface area contributed by atoms with E-state index in [4.69, 9.17) is 9.98 Å². The molecule has 8 aromatic carbocycles. The molecular weight excluding hydrogens is 869 g/mol. The van der Waals surface area contributed by atoms with Crippen molar-refractivity contribution in [3.05, 3.63) is 213 Å². The van der Waals surface area contributed by atoms with Crippen molar-refractivity contribution >= 4 is 46.6 Å². The predicted octanol–water partition coefficient (Wildman–Crippen LogP) is 16.4. The molecule has 0 atom stereocenters. The van der Waals surface area contributed by atoms with Crippen molar-refractivity contribution in [2.45, 2.75) is 80.1 Å². The van der Waals surface area contributed by atoms with Crippen LogP contribution in [0.5, 0.6) is 11.5 Å². The Morgan fingerprint density at radius 2 is 0.732 bits per heavy atom. The SMILES string of the molecule is Cc1cc(N2c3ccccc3C(C)(C)c3ccccc32)cc(C)c1-c1ccc(/C=N/CC(C)(C)C/N=C/c2ccc(-c3c(C)cc(N4c5ccccc5C(C)(C)c5ccccc54)cc3C)cc2O)c(O)c1. The molecule has 10 rings (SSSR count). The van der Waals surface area contributed by atoms with Crippen LogP contribution in [0.2, 0.25) is 0 Å². The van der Waals surface area contributed by atoms with E-state index in [9.17, 15) is 10.2 Å². The number of fused-ring (bicyclic) bond motifs is 4. The Morgan fingerprint density at radius 3 is 1.03 bits per heavy atom. The summed E-state index contributed by atoms with van der Waals surface area (Å²) < 4.78 is 0. The van der Waals surface area contributed by atoms with E-state index in [2.05, 4.69) is 212 Å². The van der Waals surface area contributed by atoms with Crippen LogP contribution in [0.15, 0.2) is 168 Å². The number of para-hydroxylation sites is 4. The summed E-state index contributed by atoms with van der Waals surface area (Å²) in [5, 5.41) is 22.6. The highest BCUT2D eigenvalue weighted by atomic mass is 16.3. The first-order chi connectivity index (χ1) is 33.9. The van der Waals surface area contributed by atoms with Gasteiger partial charge in [-0.3, -0.25) is 9.98 Å². The van der Waals surface area contributed by atoms with Gasteiger partial charge in [0.2, 0.25) is 0 Å². The second kappa shape index (κ2) is 17.9. The van der Waals surface area contributed by atoms with Gasteiger partial charge in [-0.1, -0.05) is 126 Å². The molecule has 0 radical (unpaired) electrons. The first-order valence-corrected chi connectivity index (χ1v) is 24.8. The van der Waals surface area contributed by atoms with Crippen molar-refractivity contribution in [3.63, 3.8) is 0 Å². The topological polar surface area (TPSA) is 71.7 Å². The molecule has 0 saturated heterocycles. The van der Waals surface area contributed by atoms with Gasteiger partial charge in [0.1, 0.15) is 11.5 Å². The molecule has 8 aromatic rings. The summed E-state index contributed by atoms with van der Waals surface area (Å²) in [6, 6.07) is 55.7. The molecule has 0 aromatic heterocycles. The minimum absolute atomic E-state index is 0.121. The molecule has 2 heterocycles. The maximum Gasteiger partial charge on any atom is 0.124 e. The molecule has 6 nitrogen and oxygen atoms in total. The normalized spacial score (nSPS) is 14.6. The lowest BCUT2D eigenvalue weighted by molar-refractivity contribution is 0.396. The van der Waals surface area contributed by atoms with Gasteiger partial charge in [0.15, 0.2) is 0 Å². The van der Waals surface area contributed by atoms with Gasteiger partial charge >= 0.3 is 0 Å². The zero-order valence-electron chi connectivity index (χ0n) is 42.8. The van der Waals surface area contributed by atoms with Crippen molar-refractivity contribution in [2.24, 2.45) is 15.4 Å². The van der Waals surface area contributed by atoms with Gasteiger partial charge in [0.05, 0.1) is 22.7 Å². The monoisotopic (exact) mass is 933 g/mol. The van der Waals surface area contributed by atoms with Crippen LogP contribution in [-0.2, 0) is 10.8 Å². The van der Waals surface area contributed by atoms with Crippen molar-refractivity contribution < 1.29 is 10.2 Å². The predicted molar refractivity (Wildman–Crippen MR) is 298 cm³/mol. The summed E-state index contributed by atoms with van der Waals surface area (Å²) >= 11 is 0. The van der Waals surface area contributed by atoms with Crippen LogP contribution in [0.3, 0.4) is 0 Å². The molecule has 6 heteroatoms. The molecule has 0 spiro atoms. The minimum atomic E-state index is -0.264. The zero-order chi connectivity index (χ0) is 50.0. The summed E-state index contributed by atoms with van der Waals surface area (Å²) in [6.07, 6.45) is 3.51. The zero-order valence-corrected chi connectivity index (χ0v) is 42.8. The Hall–Kier alpha value is -7.70. The minimum Gasteiger partial charge on any atom is -0.507 e. The number of aromatic hydroxyl groups is 2. The number of phenols is 2. The second-order valence-corrected chi connectivity index (χ2v) is 21.5. The molecule has 71 heavy (non-hydrogen) atoms. The van der Waals surface area contributed by atoms with Crippen LogP contribution < -0.4 is 9.80 Å². The van der Waals surface area contributed by atoms with Crippen molar-refractivity contribution in [1.82, 2.24) is 0 Å². The molecule has 0 bridgehead atoms. The van der Waals surface area contributed by atoms with Crippen molar-refractivity contribution in [1.29, 1.82) is 0 Å². The third kappa shape index (κ3) is 8.39. The van der Waals surface area contributed by atoms with E-state index >= 15 is 0 Å². The highest BCUT2D eigenvalue weighted by Crippen LogP contribution is 2.54. The lowest BCUT2D eigenvalue weighted by Crippen LogP contribution is -2.30. The molecule has 0 amide bonds. The summed E-state index contributed by atoms with van der Waals surface area (Å²) in [5.41, 5.74) is 21.8. The molecule has 2 aliphatic heterocycles. The average Bonchev–Trinajstić information content (AvgIpc) is 3.33. The molecule has 0 unspecified atom stereocenters. The van der Waals surface area contributed by atoms with Gasteiger partial charge in [0.25, 0.3) is 0 Å². The third-order valence-electron chi connectivity index (χ3n) is 15.0. The fraction of sp³-hybridized carbons (Fsp3) is 0.231. The third-order valence-corrected chi connectivity index (χ3v) is 15.0. The maximum absolute atomic E-state index is 11.3. The van der Waals surface area contributed by atoms with Crippen LogP contribution in [0, 0.1) is 33.1 Å². The number of aryl methyl sites for hydroxylation is 4. The molecule has 0 fully saturated rings. The van der Waals surface area contributed by atoms with E-state index in [-0.39, 0.29) is 27.7 Å². The van der Waals surface area contributed by atoms with Gasteiger partial charge in [-0.25, -0.2) is 0 Å². The Balaban J connectivity index is 0.808. The van der Waals surface area contributed by atoms with Crippen molar-refractivity contribution in [2.75, 3.05) is 22.9 Å². The van der Waals surface area contributed by atoms with Gasteiger partial charge in [0, 0.05) is 64.3 Å². The van der Waals surface area contributed by atoms with E-state index in [1.165, 1.54) is 45.0 Å². The molecular formula is C65H64N4O2. The second-order valence-electron chi connectivity index (χ2n) is 21.5. The van der Waals surface area contributed by atoms with Gasteiger partial charge in [-0.2, -0.15) is 0 Å². The van der Waals surface area contributed by atoms with E-state index in [1.807, 2.05) is 24.3 Å². The number of benzene rings is 8. The summed E-state index contributed by atoms with van der Waals surface area (Å²) in [7, 11) is 0. The molecule has 356 valence electrons. The number of hydrogen-bond donors (Lipinski definition) is 2. The van der Waals surface area contributed by atoms with Crippen LogP contribution in [0.25, 0.3) is 22.3 Å². The van der Waals surface area contributed by atoms with E-state index in [0.29, 0.717) is 24.2 Å². The molecule has 2 N–H and O–H groups in total. The Bertz CT molecular complexity index is 3080. The van der Waals surface area contributed by atoms with E-state index in [1.54, 1.807) is 12.4 Å². The van der Waals surface area contributed by atoms with Gasteiger partial charge in [-0.15, -0.1) is 0 Å². The van der Waals surface area contributed by atoms with Crippen LogP contribution in [-0.4, -0.2) is 35.7 Å². The summed E-state index contributed by atoms with van der Waals surface area (Å²) in [6.45, 7) is 23.1. The summed E-state index contributed by atoms with van der Waals surface area (Å²) in [4.78, 5) is 14.3. The van der Waals surface area contributed by atoms with Crippen LogP contribution in [0.4, 0.5) is 34.1 Å². The largest absolute Gasteiger partial charge is 0.507 e. The van der Waals surface area contributed by atoms with Crippen LogP contribution in [0.1, 0.15) is 97.2 Å². The van der Waals surface area contributed by atoms with E-state index in [0.717, 1.165) is 55.9 Å². The smallest absolute Gasteiger partial charge is 0.124 e. The molecule has 0 aliphatic carbocycles. The Morgan fingerprint density at radius 1 is 0.437 bits per heavy atom. The number of aliphatic imine (C=N–C) groups is 2. The number of anilines is 6. The number of nitrogens with zero attached hydrogens (tertiary/aromatic N) is 4. The van der Waals surface area contributed by atoms with Crippen molar-refractivity contribution in [3.8, 4) is 33.8 Å². The number of phenolic OH excluding ortho intramolecular Hbond substituents is 2. The fourth-order valence-electron chi connectivity index (χ4n) is 11.4. The first-order valence-electron chi connectivity index (χ1n) is 24.8. The fourth-order valence-corrected chi connectivity index (χ4v) is 11.4. The first kappa shape index (κ1) is 47.0. The van der Waals surface area contributed by atoms with E-state index < -0.39 is 0 Å².